The summed E-state index contributed by atoms with van der Waals surface area (Å²) in [7, 11) is 0. The zero-order valence-electron chi connectivity index (χ0n) is 19.5. The average molecular weight is 419 g/mol. The number of hydrogen-bond acceptors (Lipinski definition) is 4. The second kappa shape index (κ2) is 11.8. The molecule has 0 amide bonds. The van der Waals surface area contributed by atoms with Gasteiger partial charge in [-0.25, -0.2) is 0 Å². The Morgan fingerprint density at radius 3 is 2.80 bits per heavy atom. The molecule has 30 heavy (non-hydrogen) atoms. The highest BCUT2D eigenvalue weighted by Crippen LogP contribution is 2.47. The fourth-order valence-corrected chi connectivity index (χ4v) is 5.73. The van der Waals surface area contributed by atoms with Gasteiger partial charge in [0.05, 0.1) is 11.7 Å². The summed E-state index contributed by atoms with van der Waals surface area (Å²) in [5.74, 6) is 1.31. The van der Waals surface area contributed by atoms with Crippen LogP contribution < -0.4 is 5.32 Å². The standard InChI is InChI=1S/C26H46N2O2/c1-3-4-11-26(2,30)12-8-10-23-24-18-21(17-22(24)19-25(23)29)20-27-13-9-16-28-14-6-5-7-15-28/h8,10,17,22-25,27,29-30H,3-7,9,11-16,18-20H2,1-2H3/b10-8+/t22-,23+,24-,25+,26-/m0/s1. The Morgan fingerprint density at radius 1 is 1.23 bits per heavy atom. The minimum Gasteiger partial charge on any atom is -0.392 e. The van der Waals surface area contributed by atoms with Crippen LogP contribution in [0.15, 0.2) is 23.8 Å². The van der Waals surface area contributed by atoms with E-state index >= 15 is 0 Å². The molecule has 2 fully saturated rings. The summed E-state index contributed by atoms with van der Waals surface area (Å²) in [6.07, 6.45) is 17.7. The summed E-state index contributed by atoms with van der Waals surface area (Å²) < 4.78 is 0. The van der Waals surface area contributed by atoms with Gasteiger partial charge in [0.1, 0.15) is 0 Å². The van der Waals surface area contributed by atoms with Crippen LogP contribution in [0.2, 0.25) is 0 Å². The molecular formula is C26H46N2O2. The van der Waals surface area contributed by atoms with E-state index in [4.69, 9.17) is 0 Å². The van der Waals surface area contributed by atoms with Crippen molar-refractivity contribution in [1.82, 2.24) is 10.2 Å². The quantitative estimate of drug-likeness (QED) is 0.327. The summed E-state index contributed by atoms with van der Waals surface area (Å²) in [4.78, 5) is 2.61. The Kier molecular flexibility index (Phi) is 9.43. The van der Waals surface area contributed by atoms with Gasteiger partial charge in [0.15, 0.2) is 0 Å². The van der Waals surface area contributed by atoms with E-state index in [-0.39, 0.29) is 12.0 Å². The molecule has 3 rings (SSSR count). The van der Waals surface area contributed by atoms with Gasteiger partial charge in [-0.05, 0) is 89.9 Å². The summed E-state index contributed by atoms with van der Waals surface area (Å²) in [6.45, 7) is 10.0. The number of piperidine rings is 1. The van der Waals surface area contributed by atoms with Gasteiger partial charge >= 0.3 is 0 Å². The predicted octanol–water partition coefficient (Wildman–Crippen LogP) is 4.28. The first-order valence-corrected chi connectivity index (χ1v) is 12.7. The van der Waals surface area contributed by atoms with Crippen molar-refractivity contribution in [2.75, 3.05) is 32.7 Å². The van der Waals surface area contributed by atoms with Crippen molar-refractivity contribution in [1.29, 1.82) is 0 Å². The Bertz CT molecular complexity index is 565. The summed E-state index contributed by atoms with van der Waals surface area (Å²) >= 11 is 0. The fourth-order valence-electron chi connectivity index (χ4n) is 5.73. The van der Waals surface area contributed by atoms with E-state index in [0.717, 1.165) is 45.2 Å². The van der Waals surface area contributed by atoms with Gasteiger partial charge in [0.25, 0.3) is 0 Å². The first kappa shape index (κ1) is 24.0. The monoisotopic (exact) mass is 418 g/mol. The third kappa shape index (κ3) is 7.19. The lowest BCUT2D eigenvalue weighted by Crippen LogP contribution is -2.32. The third-order valence-corrected chi connectivity index (χ3v) is 7.56. The molecule has 172 valence electrons. The van der Waals surface area contributed by atoms with Crippen molar-refractivity contribution in [2.24, 2.45) is 17.8 Å². The number of allylic oxidation sites excluding steroid dienone is 1. The lowest BCUT2D eigenvalue weighted by atomic mass is 9.88. The van der Waals surface area contributed by atoms with Gasteiger partial charge in [-0.1, -0.05) is 50.0 Å². The van der Waals surface area contributed by atoms with Crippen LogP contribution in [0.25, 0.3) is 0 Å². The van der Waals surface area contributed by atoms with Crippen LogP contribution in [0, 0.1) is 17.8 Å². The molecule has 0 unspecified atom stereocenters. The van der Waals surface area contributed by atoms with Crippen molar-refractivity contribution < 1.29 is 10.2 Å². The molecule has 0 aromatic carbocycles. The van der Waals surface area contributed by atoms with Crippen molar-refractivity contribution in [3.8, 4) is 0 Å². The molecule has 0 radical (unpaired) electrons. The number of unbranched alkanes of at least 4 members (excludes halogenated alkanes) is 1. The number of hydrogen-bond donors (Lipinski definition) is 3. The number of fused-ring (bicyclic) bond motifs is 1. The molecule has 4 nitrogen and oxygen atoms in total. The van der Waals surface area contributed by atoms with E-state index in [1.165, 1.54) is 50.9 Å². The SMILES string of the molecule is CCCC[C@](C)(O)C/C=C/[C@@H]1[C@H]2CC(CNCCCN3CCCCC3)=C[C@H]2C[C@H]1O. The number of nitrogens with one attached hydrogen (secondary N) is 1. The predicted molar refractivity (Wildman–Crippen MR) is 125 cm³/mol. The van der Waals surface area contributed by atoms with E-state index in [1.54, 1.807) is 0 Å². The number of aliphatic hydroxyl groups excluding tert-OH is 1. The van der Waals surface area contributed by atoms with Crippen LogP contribution in [-0.4, -0.2) is 59.5 Å². The molecule has 3 aliphatic rings. The van der Waals surface area contributed by atoms with E-state index in [2.05, 4.69) is 35.4 Å². The first-order chi connectivity index (χ1) is 14.5. The Labute approximate surface area is 184 Å². The highest BCUT2D eigenvalue weighted by Gasteiger charge is 2.43. The molecule has 0 bridgehead atoms. The van der Waals surface area contributed by atoms with Gasteiger partial charge in [-0.3, -0.25) is 0 Å². The maximum absolute atomic E-state index is 10.6. The highest BCUT2D eigenvalue weighted by atomic mass is 16.3. The van der Waals surface area contributed by atoms with E-state index < -0.39 is 5.60 Å². The largest absolute Gasteiger partial charge is 0.392 e. The number of aliphatic hydroxyl groups is 2. The Hall–Kier alpha value is -0.680. The van der Waals surface area contributed by atoms with Crippen LogP contribution in [0.4, 0.5) is 0 Å². The molecule has 2 aliphatic carbocycles. The molecule has 1 saturated heterocycles. The van der Waals surface area contributed by atoms with Gasteiger partial charge < -0.3 is 20.4 Å². The summed E-state index contributed by atoms with van der Waals surface area (Å²) in [5, 5.41) is 24.7. The molecular weight excluding hydrogens is 372 g/mol. The molecule has 0 aromatic heterocycles. The molecule has 1 aliphatic heterocycles. The maximum atomic E-state index is 10.6. The first-order valence-electron chi connectivity index (χ1n) is 12.7. The fraction of sp³-hybridized carbons (Fsp3) is 0.846. The van der Waals surface area contributed by atoms with E-state index in [0.29, 0.717) is 18.3 Å². The van der Waals surface area contributed by atoms with Gasteiger partial charge in [-0.2, -0.15) is 0 Å². The second-order valence-corrected chi connectivity index (χ2v) is 10.4. The van der Waals surface area contributed by atoms with Crippen LogP contribution >= 0.6 is 0 Å². The maximum Gasteiger partial charge on any atom is 0.0654 e. The zero-order valence-corrected chi connectivity index (χ0v) is 19.5. The van der Waals surface area contributed by atoms with Crippen LogP contribution in [0.1, 0.15) is 78.1 Å². The minimum absolute atomic E-state index is 0.229. The van der Waals surface area contributed by atoms with Crippen LogP contribution in [-0.2, 0) is 0 Å². The van der Waals surface area contributed by atoms with Crippen molar-refractivity contribution in [2.45, 2.75) is 89.8 Å². The molecule has 4 heteroatoms. The van der Waals surface area contributed by atoms with Crippen LogP contribution in [0.5, 0.6) is 0 Å². The summed E-state index contributed by atoms with van der Waals surface area (Å²) in [5.41, 5.74) is 0.912. The van der Waals surface area contributed by atoms with Gasteiger partial charge in [-0.15, -0.1) is 0 Å². The zero-order chi connectivity index (χ0) is 21.4. The lowest BCUT2D eigenvalue weighted by Gasteiger charge is -2.26. The molecule has 1 heterocycles. The van der Waals surface area contributed by atoms with Crippen molar-refractivity contribution >= 4 is 0 Å². The molecule has 3 N–H and O–H groups in total. The third-order valence-electron chi connectivity index (χ3n) is 7.56. The highest BCUT2D eigenvalue weighted by molar-refractivity contribution is 5.21. The van der Waals surface area contributed by atoms with E-state index in [9.17, 15) is 10.2 Å². The second-order valence-electron chi connectivity index (χ2n) is 10.4. The summed E-state index contributed by atoms with van der Waals surface area (Å²) in [6, 6.07) is 0. The molecule has 0 spiro atoms. The van der Waals surface area contributed by atoms with Gasteiger partial charge in [0, 0.05) is 12.5 Å². The Morgan fingerprint density at radius 2 is 2.03 bits per heavy atom. The topological polar surface area (TPSA) is 55.7 Å². The van der Waals surface area contributed by atoms with Gasteiger partial charge in [0.2, 0.25) is 0 Å². The number of likely N-dealkylation sites (tertiary alicyclic amines) is 1. The smallest absolute Gasteiger partial charge is 0.0654 e. The normalized spacial score (nSPS) is 31.8. The van der Waals surface area contributed by atoms with Crippen molar-refractivity contribution in [3.05, 3.63) is 23.8 Å². The molecule has 5 atom stereocenters. The molecule has 0 aromatic rings. The van der Waals surface area contributed by atoms with Crippen molar-refractivity contribution in [3.63, 3.8) is 0 Å². The van der Waals surface area contributed by atoms with Crippen LogP contribution in [0.3, 0.4) is 0 Å². The Balaban J connectivity index is 1.36. The minimum atomic E-state index is -0.618. The number of rotatable bonds is 12. The van der Waals surface area contributed by atoms with E-state index in [1.807, 2.05) is 6.92 Å². The molecule has 1 saturated carbocycles. The lowest BCUT2D eigenvalue weighted by molar-refractivity contribution is 0.0513. The number of nitrogens with zero attached hydrogens (tertiary/aromatic N) is 1. The average Bonchev–Trinajstić information content (AvgIpc) is 3.24.